The minimum Gasteiger partial charge on any atom is -0.308 e. The summed E-state index contributed by atoms with van der Waals surface area (Å²) in [5.41, 5.74) is 0.457. The maximum absolute atomic E-state index is 12.4. The molecule has 0 radical (unpaired) electrons. The fraction of sp³-hybridized carbons (Fsp3) is 0.533. The number of fused-ring (bicyclic) bond motifs is 1. The van der Waals surface area contributed by atoms with Crippen molar-refractivity contribution in [1.82, 2.24) is 14.5 Å². The lowest BCUT2D eigenvalue weighted by molar-refractivity contribution is -0.121. The monoisotopic (exact) mass is 315 g/mol. The summed E-state index contributed by atoms with van der Waals surface area (Å²) in [5.74, 6) is 3.89. The molecule has 0 aromatic carbocycles. The van der Waals surface area contributed by atoms with Crippen LogP contribution in [0.25, 0.3) is 0 Å². The van der Waals surface area contributed by atoms with Crippen molar-refractivity contribution in [3.05, 3.63) is 5.69 Å². The highest BCUT2D eigenvalue weighted by Crippen LogP contribution is 2.30. The van der Waals surface area contributed by atoms with Gasteiger partial charge in [0.05, 0.1) is 6.54 Å². The van der Waals surface area contributed by atoms with Crippen molar-refractivity contribution in [2.45, 2.75) is 24.5 Å². The van der Waals surface area contributed by atoms with Crippen molar-refractivity contribution in [3.8, 4) is 18.4 Å². The molecule has 0 spiro atoms. The summed E-state index contributed by atoms with van der Waals surface area (Å²) in [4.78, 5) is 18.9. The van der Waals surface area contributed by atoms with E-state index in [1.165, 1.54) is 0 Å². The predicted molar refractivity (Wildman–Crippen MR) is 84.3 cm³/mol. The second-order valence-corrected chi connectivity index (χ2v) is 6.51. The number of piperidine rings is 1. The summed E-state index contributed by atoms with van der Waals surface area (Å²) >= 11 is 1.61. The lowest BCUT2D eigenvalue weighted by Gasteiger charge is -2.29. The second-order valence-electron chi connectivity index (χ2n) is 5.45. The van der Waals surface area contributed by atoms with Crippen LogP contribution in [0.2, 0.25) is 0 Å². The third-order valence-corrected chi connectivity index (χ3v) is 5.06. The van der Waals surface area contributed by atoms with Gasteiger partial charge >= 0.3 is 0 Å². The molecule has 1 amide bonds. The molecule has 114 valence electrons. The molecule has 1 aromatic rings. The van der Waals surface area contributed by atoms with Crippen LogP contribution in [0.5, 0.6) is 0 Å². The molecule has 1 saturated heterocycles. The maximum atomic E-state index is 12.4. The predicted octanol–water partition coefficient (Wildman–Crippen LogP) is 1.14. The maximum Gasteiger partial charge on any atom is 0.228 e. The van der Waals surface area contributed by atoms with Crippen molar-refractivity contribution in [1.29, 1.82) is 5.26 Å². The van der Waals surface area contributed by atoms with E-state index in [0.29, 0.717) is 18.1 Å². The van der Waals surface area contributed by atoms with Crippen molar-refractivity contribution < 1.29 is 4.79 Å². The van der Waals surface area contributed by atoms with E-state index in [2.05, 4.69) is 27.2 Å². The minimum absolute atomic E-state index is 0.0373. The Morgan fingerprint density at radius 2 is 2.23 bits per heavy atom. The second kappa shape index (κ2) is 6.43. The van der Waals surface area contributed by atoms with Gasteiger partial charge < -0.3 is 9.88 Å². The van der Waals surface area contributed by atoms with E-state index >= 15 is 0 Å². The minimum atomic E-state index is -0.0429. The zero-order valence-corrected chi connectivity index (χ0v) is 13.0. The lowest BCUT2D eigenvalue weighted by atomic mass is 9.96. The zero-order chi connectivity index (χ0) is 15.5. The summed E-state index contributed by atoms with van der Waals surface area (Å²) in [6, 6.07) is 2.15. The summed E-state index contributed by atoms with van der Waals surface area (Å²) < 4.78 is 1.87. The summed E-state index contributed by atoms with van der Waals surface area (Å²) in [7, 11) is 0. The molecular formula is C15H17N5OS. The van der Waals surface area contributed by atoms with E-state index in [1.807, 2.05) is 4.57 Å². The summed E-state index contributed by atoms with van der Waals surface area (Å²) in [5, 5.41) is 12.9. The Kier molecular flexibility index (Phi) is 4.37. The van der Waals surface area contributed by atoms with E-state index < -0.39 is 0 Å². The van der Waals surface area contributed by atoms with Crippen molar-refractivity contribution in [2.75, 3.05) is 30.7 Å². The van der Waals surface area contributed by atoms with Crippen molar-refractivity contribution in [3.63, 3.8) is 0 Å². The molecule has 6 nitrogen and oxygen atoms in total. The van der Waals surface area contributed by atoms with E-state index in [9.17, 15) is 10.1 Å². The lowest BCUT2D eigenvalue weighted by Crippen LogP contribution is -2.38. The first-order chi connectivity index (χ1) is 10.7. The number of nitrogens with zero attached hydrogens (tertiary/aromatic N) is 4. The molecule has 0 bridgehead atoms. The number of amides is 1. The molecule has 1 aromatic heterocycles. The van der Waals surface area contributed by atoms with Gasteiger partial charge in [-0.1, -0.05) is 17.7 Å². The topological polar surface area (TPSA) is 74.0 Å². The SMILES string of the molecule is C#CCN1CCC(C(=O)Nc2nc3n(c2C#N)CCS3)CC1. The fourth-order valence-electron chi connectivity index (χ4n) is 2.88. The van der Waals surface area contributed by atoms with Crippen LogP contribution >= 0.6 is 11.8 Å². The van der Waals surface area contributed by atoms with Gasteiger partial charge in [0.25, 0.3) is 0 Å². The van der Waals surface area contributed by atoms with Crippen LogP contribution in [0.3, 0.4) is 0 Å². The largest absolute Gasteiger partial charge is 0.308 e. The number of hydrogen-bond acceptors (Lipinski definition) is 5. The van der Waals surface area contributed by atoms with Gasteiger partial charge in [0.15, 0.2) is 16.7 Å². The van der Waals surface area contributed by atoms with Gasteiger partial charge in [-0.15, -0.1) is 6.42 Å². The third-order valence-electron chi connectivity index (χ3n) is 4.10. The molecular weight excluding hydrogens is 298 g/mol. The first-order valence-corrected chi connectivity index (χ1v) is 8.31. The number of imidazole rings is 1. The standard InChI is InChI=1S/C15H17N5OS/c1-2-5-19-6-3-11(4-7-19)14(21)17-13-12(10-16)20-8-9-22-15(20)18-13/h1,11H,3-9H2,(H,17,21). The third kappa shape index (κ3) is 2.83. The first-order valence-electron chi connectivity index (χ1n) is 7.33. The number of anilines is 1. The Labute approximate surface area is 133 Å². The molecule has 0 saturated carbocycles. The molecule has 3 heterocycles. The van der Waals surface area contributed by atoms with Crippen LogP contribution in [0.15, 0.2) is 5.16 Å². The number of carbonyl (C=O) groups excluding carboxylic acids is 1. The Hall–Kier alpha value is -1.96. The summed E-state index contributed by atoms with van der Waals surface area (Å²) in [6.07, 6.45) is 6.89. The quantitative estimate of drug-likeness (QED) is 0.847. The van der Waals surface area contributed by atoms with Gasteiger partial charge in [0.2, 0.25) is 5.91 Å². The van der Waals surface area contributed by atoms with Gasteiger partial charge in [-0.05, 0) is 25.9 Å². The van der Waals surface area contributed by atoms with Crippen LogP contribution in [-0.4, -0.2) is 45.7 Å². The number of nitrogens with one attached hydrogen (secondary N) is 1. The number of carbonyl (C=O) groups is 1. The number of thioether (sulfide) groups is 1. The number of hydrogen-bond donors (Lipinski definition) is 1. The highest BCUT2D eigenvalue weighted by Gasteiger charge is 2.28. The smallest absolute Gasteiger partial charge is 0.228 e. The average molecular weight is 315 g/mol. The number of aromatic nitrogens is 2. The van der Waals surface area contributed by atoms with Crippen LogP contribution in [0.4, 0.5) is 5.82 Å². The zero-order valence-electron chi connectivity index (χ0n) is 12.2. The van der Waals surface area contributed by atoms with E-state index in [1.54, 1.807) is 11.8 Å². The van der Waals surface area contributed by atoms with Crippen LogP contribution in [0.1, 0.15) is 18.5 Å². The summed E-state index contributed by atoms with van der Waals surface area (Å²) in [6.45, 7) is 3.08. The van der Waals surface area contributed by atoms with Gasteiger partial charge in [-0.25, -0.2) is 4.98 Å². The number of nitriles is 1. The van der Waals surface area contributed by atoms with Gasteiger partial charge in [-0.2, -0.15) is 5.26 Å². The Bertz CT molecular complexity index is 661. The molecule has 0 unspecified atom stereocenters. The van der Waals surface area contributed by atoms with Gasteiger partial charge in [0.1, 0.15) is 6.07 Å². The molecule has 7 heteroatoms. The number of terminal acetylenes is 1. The molecule has 2 aliphatic rings. The Morgan fingerprint density at radius 1 is 1.45 bits per heavy atom. The van der Waals surface area contributed by atoms with Crippen LogP contribution < -0.4 is 5.32 Å². The van der Waals surface area contributed by atoms with Gasteiger partial charge in [0, 0.05) is 18.2 Å². The van der Waals surface area contributed by atoms with Crippen molar-refractivity contribution >= 4 is 23.5 Å². The molecule has 1 fully saturated rings. The molecule has 22 heavy (non-hydrogen) atoms. The molecule has 0 atom stereocenters. The highest BCUT2D eigenvalue weighted by molar-refractivity contribution is 7.99. The van der Waals surface area contributed by atoms with E-state index in [0.717, 1.165) is 43.4 Å². The molecule has 3 rings (SSSR count). The van der Waals surface area contributed by atoms with E-state index in [4.69, 9.17) is 6.42 Å². The molecule has 1 N–H and O–H groups in total. The molecule has 2 aliphatic heterocycles. The Balaban J connectivity index is 1.64. The Morgan fingerprint density at radius 3 is 2.91 bits per heavy atom. The van der Waals surface area contributed by atoms with E-state index in [-0.39, 0.29) is 11.8 Å². The number of rotatable bonds is 3. The number of likely N-dealkylation sites (tertiary alicyclic amines) is 1. The normalized spacial score (nSPS) is 18.5. The highest BCUT2D eigenvalue weighted by atomic mass is 32.2. The fourth-order valence-corrected chi connectivity index (χ4v) is 3.83. The average Bonchev–Trinajstić information content (AvgIpc) is 3.08. The first kappa shape index (κ1) is 15.0. The van der Waals surface area contributed by atoms with Crippen molar-refractivity contribution in [2.24, 2.45) is 5.92 Å². The van der Waals surface area contributed by atoms with Crippen LogP contribution in [0, 0.1) is 29.6 Å². The molecule has 0 aliphatic carbocycles. The van der Waals surface area contributed by atoms with Gasteiger partial charge in [-0.3, -0.25) is 9.69 Å². The van der Waals surface area contributed by atoms with Crippen LogP contribution in [-0.2, 0) is 11.3 Å².